The monoisotopic (exact) mass is 338 g/mol. The first kappa shape index (κ1) is 17.2. The zero-order valence-electron chi connectivity index (χ0n) is 14.6. The van der Waals surface area contributed by atoms with Gasteiger partial charge in [0.2, 0.25) is 0 Å². The van der Waals surface area contributed by atoms with Crippen molar-refractivity contribution in [3.05, 3.63) is 71.7 Å². The molecule has 0 aliphatic rings. The van der Waals surface area contributed by atoms with Crippen molar-refractivity contribution in [2.45, 2.75) is 39.3 Å². The molecule has 3 aromatic rings. The minimum atomic E-state index is -0.336. The second-order valence-electron chi connectivity index (χ2n) is 6.38. The Kier molecular flexibility index (Phi) is 5.17. The summed E-state index contributed by atoms with van der Waals surface area (Å²) in [6.45, 7) is 5.08. The second-order valence-corrected chi connectivity index (χ2v) is 6.38. The van der Waals surface area contributed by atoms with Crippen molar-refractivity contribution in [2.75, 3.05) is 0 Å². The minimum absolute atomic E-state index is 0.0429. The molecule has 1 heterocycles. The minimum Gasteiger partial charge on any atom is -0.350 e. The zero-order valence-corrected chi connectivity index (χ0v) is 14.6. The molecule has 1 N–H and O–H groups in total. The molecule has 0 saturated heterocycles. The summed E-state index contributed by atoms with van der Waals surface area (Å²) in [4.78, 5) is 12.2. The Bertz CT molecular complexity index is 867. The summed E-state index contributed by atoms with van der Waals surface area (Å²) in [5, 5.41) is 4.27. The molecule has 1 unspecified atom stereocenters. The third kappa shape index (κ3) is 3.90. The average Bonchev–Trinajstić information content (AvgIpc) is 2.98. The molecule has 0 spiro atoms. The van der Waals surface area contributed by atoms with Crippen LogP contribution in [-0.4, -0.2) is 16.5 Å². The molecule has 1 atom stereocenters. The van der Waals surface area contributed by atoms with Crippen molar-refractivity contribution in [3.8, 4) is 0 Å². The molecule has 0 bridgehead atoms. The summed E-state index contributed by atoms with van der Waals surface area (Å²) in [5.74, 6) is -0.500. The Labute approximate surface area is 147 Å². The summed E-state index contributed by atoms with van der Waals surface area (Å²) in [6.07, 6.45) is 3.96. The van der Waals surface area contributed by atoms with Crippen LogP contribution >= 0.6 is 0 Å². The normalized spacial score (nSPS) is 12.3. The molecule has 25 heavy (non-hydrogen) atoms. The lowest BCUT2D eigenvalue weighted by Crippen LogP contribution is -2.32. The maximum absolute atomic E-state index is 12.9. The third-order valence-corrected chi connectivity index (χ3v) is 4.54. The predicted octanol–water partition coefficient (Wildman–Crippen LogP) is 4.55. The van der Waals surface area contributed by atoms with E-state index in [0.29, 0.717) is 5.56 Å². The van der Waals surface area contributed by atoms with Gasteiger partial charge in [0.05, 0.1) is 0 Å². The average molecular weight is 338 g/mol. The number of carbonyl (C=O) groups excluding carboxylic acids is 1. The number of nitrogens with zero attached hydrogens (tertiary/aromatic N) is 1. The molecule has 0 aliphatic heterocycles. The highest BCUT2D eigenvalue weighted by atomic mass is 19.1. The number of nitrogens with one attached hydrogen (secondary N) is 1. The molecule has 0 radical (unpaired) electrons. The number of para-hydroxylation sites is 1. The van der Waals surface area contributed by atoms with Gasteiger partial charge in [-0.05, 0) is 62.6 Å². The van der Waals surface area contributed by atoms with Crippen molar-refractivity contribution in [1.82, 2.24) is 9.88 Å². The molecule has 3 nitrogen and oxygen atoms in total. The lowest BCUT2D eigenvalue weighted by molar-refractivity contribution is 0.0938. The van der Waals surface area contributed by atoms with Gasteiger partial charge in [0.25, 0.3) is 5.91 Å². The molecule has 1 aromatic heterocycles. The number of aryl methyl sites for hydroxylation is 2. The van der Waals surface area contributed by atoms with E-state index in [1.54, 1.807) is 0 Å². The number of rotatable bonds is 6. The van der Waals surface area contributed by atoms with Crippen molar-refractivity contribution < 1.29 is 9.18 Å². The van der Waals surface area contributed by atoms with Crippen LogP contribution in [-0.2, 0) is 13.0 Å². The first-order valence-electron chi connectivity index (χ1n) is 8.71. The van der Waals surface area contributed by atoms with Crippen LogP contribution in [0.4, 0.5) is 4.39 Å². The van der Waals surface area contributed by atoms with Gasteiger partial charge in [-0.25, -0.2) is 4.39 Å². The van der Waals surface area contributed by atoms with E-state index in [1.165, 1.54) is 40.7 Å². The first-order valence-corrected chi connectivity index (χ1v) is 8.71. The second kappa shape index (κ2) is 7.51. The highest BCUT2D eigenvalue weighted by Gasteiger charge is 2.12. The van der Waals surface area contributed by atoms with Gasteiger partial charge in [0.15, 0.2) is 0 Å². The fraction of sp³-hybridized carbons (Fsp3) is 0.286. The number of fused-ring (bicyclic) bond motifs is 1. The van der Waals surface area contributed by atoms with E-state index in [2.05, 4.69) is 47.3 Å². The molecule has 130 valence electrons. The summed E-state index contributed by atoms with van der Waals surface area (Å²) in [5.41, 5.74) is 3.04. The highest BCUT2D eigenvalue weighted by molar-refractivity contribution is 5.94. The van der Waals surface area contributed by atoms with Crippen molar-refractivity contribution in [2.24, 2.45) is 0 Å². The highest BCUT2D eigenvalue weighted by Crippen LogP contribution is 2.23. The van der Waals surface area contributed by atoms with Crippen LogP contribution < -0.4 is 5.32 Å². The van der Waals surface area contributed by atoms with Gasteiger partial charge in [-0.2, -0.15) is 0 Å². The van der Waals surface area contributed by atoms with Crippen molar-refractivity contribution >= 4 is 16.8 Å². The Morgan fingerprint density at radius 3 is 2.60 bits per heavy atom. The van der Waals surface area contributed by atoms with E-state index in [4.69, 9.17) is 0 Å². The van der Waals surface area contributed by atoms with Gasteiger partial charge in [-0.15, -0.1) is 0 Å². The van der Waals surface area contributed by atoms with Crippen molar-refractivity contribution in [3.63, 3.8) is 0 Å². The molecule has 1 amide bonds. The first-order chi connectivity index (χ1) is 12.1. The summed E-state index contributed by atoms with van der Waals surface area (Å²) in [7, 11) is 0. The van der Waals surface area contributed by atoms with E-state index >= 15 is 0 Å². The van der Waals surface area contributed by atoms with Gasteiger partial charge in [-0.3, -0.25) is 4.79 Å². The number of halogens is 1. The fourth-order valence-corrected chi connectivity index (χ4v) is 3.14. The van der Waals surface area contributed by atoms with E-state index in [9.17, 15) is 9.18 Å². The summed E-state index contributed by atoms with van der Waals surface area (Å²) >= 11 is 0. The molecule has 0 fully saturated rings. The van der Waals surface area contributed by atoms with Crippen molar-refractivity contribution in [1.29, 1.82) is 0 Å². The molecule has 3 rings (SSSR count). The summed E-state index contributed by atoms with van der Waals surface area (Å²) in [6, 6.07) is 14.1. The number of benzene rings is 2. The van der Waals surface area contributed by atoms with Gasteiger partial charge >= 0.3 is 0 Å². The zero-order chi connectivity index (χ0) is 17.8. The third-order valence-electron chi connectivity index (χ3n) is 4.54. The maximum atomic E-state index is 12.9. The van der Waals surface area contributed by atoms with E-state index in [1.807, 2.05) is 6.92 Å². The summed E-state index contributed by atoms with van der Waals surface area (Å²) < 4.78 is 15.2. The topological polar surface area (TPSA) is 34.0 Å². The Morgan fingerprint density at radius 1 is 1.16 bits per heavy atom. The lowest BCUT2D eigenvalue weighted by atomic mass is 10.0. The van der Waals surface area contributed by atoms with E-state index in [0.717, 1.165) is 19.4 Å². The quantitative estimate of drug-likeness (QED) is 0.703. The van der Waals surface area contributed by atoms with Crippen LogP contribution in [0.1, 0.15) is 36.2 Å². The van der Waals surface area contributed by atoms with Gasteiger partial charge in [-0.1, -0.05) is 18.2 Å². The number of hydrogen-bond donors (Lipinski definition) is 1. The van der Waals surface area contributed by atoms with Gasteiger partial charge in [0, 0.05) is 35.2 Å². The molecule has 4 heteroatoms. The molecule has 0 saturated carbocycles. The predicted molar refractivity (Wildman–Crippen MR) is 99.3 cm³/mol. The molecular formula is C21H23FN2O. The van der Waals surface area contributed by atoms with Crippen LogP contribution in [0.5, 0.6) is 0 Å². The standard InChI is InChI=1S/C21H23FN2O/c1-3-24-14-17(19-6-4-5-7-20(19)24)9-8-15(2)23-21(25)16-10-12-18(22)13-11-16/h4-7,10-15H,3,8-9H2,1-2H3,(H,23,25). The fourth-order valence-electron chi connectivity index (χ4n) is 3.14. The Morgan fingerprint density at radius 2 is 1.88 bits per heavy atom. The largest absolute Gasteiger partial charge is 0.350 e. The SMILES string of the molecule is CCn1cc(CCC(C)NC(=O)c2ccc(F)cc2)c2ccccc21. The van der Waals surface area contributed by atoms with Crippen LogP contribution in [0.25, 0.3) is 10.9 Å². The van der Waals surface area contributed by atoms with E-state index < -0.39 is 0 Å². The van der Waals surface area contributed by atoms with E-state index in [-0.39, 0.29) is 17.8 Å². The smallest absolute Gasteiger partial charge is 0.251 e. The number of carbonyl (C=O) groups is 1. The molecular weight excluding hydrogens is 315 g/mol. The van der Waals surface area contributed by atoms with Crippen LogP contribution in [0, 0.1) is 5.82 Å². The van der Waals surface area contributed by atoms with Gasteiger partial charge in [0.1, 0.15) is 5.82 Å². The van der Waals surface area contributed by atoms with Gasteiger partial charge < -0.3 is 9.88 Å². The van der Waals surface area contributed by atoms with Crippen LogP contribution in [0.15, 0.2) is 54.7 Å². The number of amides is 1. The Balaban J connectivity index is 1.63. The molecule has 0 aliphatic carbocycles. The Hall–Kier alpha value is -2.62. The lowest BCUT2D eigenvalue weighted by Gasteiger charge is -2.13. The maximum Gasteiger partial charge on any atom is 0.251 e. The molecule has 2 aromatic carbocycles. The number of aromatic nitrogens is 1. The van der Waals surface area contributed by atoms with Crippen LogP contribution in [0.2, 0.25) is 0 Å². The van der Waals surface area contributed by atoms with Crippen LogP contribution in [0.3, 0.4) is 0 Å². The number of hydrogen-bond acceptors (Lipinski definition) is 1.